The summed E-state index contributed by atoms with van der Waals surface area (Å²) in [7, 11) is 1.55. The molecule has 0 saturated carbocycles. The molecule has 1 aliphatic heterocycles. The molecule has 0 bridgehead atoms. The highest BCUT2D eigenvalue weighted by Crippen LogP contribution is 2.33. The van der Waals surface area contributed by atoms with Crippen molar-refractivity contribution in [3.8, 4) is 5.75 Å². The molecular weight excluding hydrogens is 398 g/mol. The van der Waals surface area contributed by atoms with Crippen LogP contribution in [-0.2, 0) is 14.3 Å². The van der Waals surface area contributed by atoms with Gasteiger partial charge in [0, 0.05) is 12.7 Å². The van der Waals surface area contributed by atoms with Crippen molar-refractivity contribution in [2.45, 2.75) is 25.9 Å². The summed E-state index contributed by atoms with van der Waals surface area (Å²) >= 11 is 0. The number of likely N-dealkylation sites (N-methyl/N-ethyl adjacent to an activating group) is 1. The molecule has 8 nitrogen and oxygen atoms in total. The van der Waals surface area contributed by atoms with E-state index in [-0.39, 0.29) is 30.9 Å². The van der Waals surface area contributed by atoms with Gasteiger partial charge in [-0.05, 0) is 42.8 Å². The van der Waals surface area contributed by atoms with Crippen LogP contribution in [0, 0.1) is 0 Å². The van der Waals surface area contributed by atoms with Crippen LogP contribution >= 0.6 is 0 Å². The van der Waals surface area contributed by atoms with E-state index in [2.05, 4.69) is 10.6 Å². The molecule has 2 amide bonds. The van der Waals surface area contributed by atoms with E-state index in [9.17, 15) is 14.4 Å². The summed E-state index contributed by atoms with van der Waals surface area (Å²) in [5, 5.41) is 5.40. The molecule has 2 N–H and O–H groups in total. The van der Waals surface area contributed by atoms with Crippen molar-refractivity contribution < 1.29 is 23.9 Å². The van der Waals surface area contributed by atoms with Crippen LogP contribution < -0.4 is 20.3 Å². The second-order valence-corrected chi connectivity index (χ2v) is 7.18. The van der Waals surface area contributed by atoms with Gasteiger partial charge in [-0.25, -0.2) is 4.79 Å². The molecule has 1 atom stereocenters. The molecule has 1 aliphatic rings. The molecule has 0 spiro atoms. The van der Waals surface area contributed by atoms with Gasteiger partial charge >= 0.3 is 5.97 Å². The van der Waals surface area contributed by atoms with Crippen molar-refractivity contribution in [1.29, 1.82) is 0 Å². The van der Waals surface area contributed by atoms with E-state index in [1.54, 1.807) is 37.4 Å². The number of nitrogens with one attached hydrogen (secondary N) is 2. The summed E-state index contributed by atoms with van der Waals surface area (Å²) in [6, 6.07) is 13.9. The van der Waals surface area contributed by atoms with Crippen molar-refractivity contribution in [3.63, 3.8) is 0 Å². The molecule has 2 aromatic rings. The summed E-state index contributed by atoms with van der Waals surface area (Å²) in [5.41, 5.74) is 1.76. The largest absolute Gasteiger partial charge is 0.477 e. The van der Waals surface area contributed by atoms with Crippen molar-refractivity contribution >= 4 is 29.2 Å². The Kier molecular flexibility index (Phi) is 7.48. The lowest BCUT2D eigenvalue weighted by molar-refractivity contribution is -0.127. The van der Waals surface area contributed by atoms with Gasteiger partial charge in [-0.2, -0.15) is 0 Å². The Morgan fingerprint density at radius 2 is 1.87 bits per heavy atom. The van der Waals surface area contributed by atoms with Crippen LogP contribution in [0.25, 0.3) is 0 Å². The van der Waals surface area contributed by atoms with E-state index in [0.29, 0.717) is 23.6 Å². The zero-order valence-corrected chi connectivity index (χ0v) is 17.7. The third-order valence-electron chi connectivity index (χ3n) is 4.87. The molecule has 0 unspecified atom stereocenters. The van der Waals surface area contributed by atoms with Crippen LogP contribution in [0.2, 0.25) is 0 Å². The predicted molar refractivity (Wildman–Crippen MR) is 117 cm³/mol. The lowest BCUT2D eigenvalue weighted by Crippen LogP contribution is -2.50. The van der Waals surface area contributed by atoms with Gasteiger partial charge in [0.15, 0.2) is 6.10 Å². The van der Waals surface area contributed by atoms with Crippen LogP contribution in [0.1, 0.15) is 30.1 Å². The fourth-order valence-corrected chi connectivity index (χ4v) is 3.21. The monoisotopic (exact) mass is 425 g/mol. The normalized spacial score (nSPS) is 14.8. The van der Waals surface area contributed by atoms with Gasteiger partial charge in [0.05, 0.1) is 30.9 Å². The molecule has 0 saturated heterocycles. The topological polar surface area (TPSA) is 97.0 Å². The SMILES string of the molecule is CCCCOC(=O)c1ccc(NC(=O)CN2C[C@@H](C(=O)NC)Oc3ccccc32)cc1. The molecule has 2 aromatic carbocycles. The molecule has 164 valence electrons. The van der Waals surface area contributed by atoms with Crippen molar-refractivity contribution in [1.82, 2.24) is 5.32 Å². The van der Waals surface area contributed by atoms with Crippen LogP contribution in [0.5, 0.6) is 5.75 Å². The first kappa shape index (κ1) is 22.1. The first-order chi connectivity index (χ1) is 15.0. The summed E-state index contributed by atoms with van der Waals surface area (Å²) in [6.07, 6.45) is 1.08. The number of esters is 1. The number of anilines is 2. The second kappa shape index (κ2) is 10.5. The third-order valence-corrected chi connectivity index (χ3v) is 4.87. The van der Waals surface area contributed by atoms with Gasteiger partial charge in [0.1, 0.15) is 5.75 Å². The maximum absolute atomic E-state index is 12.6. The average Bonchev–Trinajstić information content (AvgIpc) is 2.79. The standard InChI is InChI=1S/C23H27N3O5/c1-3-4-13-30-23(29)16-9-11-17(12-10-16)25-21(27)15-26-14-20(22(28)24-2)31-19-8-6-5-7-18(19)26/h5-12,20H,3-4,13-15H2,1-2H3,(H,24,28)(H,25,27)/t20-/m0/s1. The maximum atomic E-state index is 12.6. The van der Waals surface area contributed by atoms with Gasteiger partial charge in [-0.3, -0.25) is 9.59 Å². The molecule has 0 radical (unpaired) electrons. The molecule has 3 rings (SSSR count). The number of ether oxygens (including phenoxy) is 2. The van der Waals surface area contributed by atoms with Crippen LogP contribution in [0.3, 0.4) is 0 Å². The summed E-state index contributed by atoms with van der Waals surface area (Å²) in [6.45, 7) is 2.73. The molecule has 31 heavy (non-hydrogen) atoms. The highest BCUT2D eigenvalue weighted by atomic mass is 16.5. The number of benzene rings is 2. The number of hydrogen-bond acceptors (Lipinski definition) is 6. The number of unbranched alkanes of at least 4 members (excludes halogenated alkanes) is 1. The predicted octanol–water partition coefficient (Wildman–Crippen LogP) is 2.60. The Balaban J connectivity index is 1.62. The van der Waals surface area contributed by atoms with Crippen LogP contribution in [0.4, 0.5) is 11.4 Å². The highest BCUT2D eigenvalue weighted by molar-refractivity contribution is 5.96. The first-order valence-corrected chi connectivity index (χ1v) is 10.3. The van der Waals surface area contributed by atoms with Crippen LogP contribution in [-0.4, -0.2) is 50.6 Å². The van der Waals surface area contributed by atoms with Crippen molar-refractivity contribution in [2.75, 3.05) is 37.0 Å². The molecule has 0 aromatic heterocycles. The minimum absolute atomic E-state index is 0.0503. The van der Waals surface area contributed by atoms with Gasteiger partial charge in [-0.1, -0.05) is 25.5 Å². The zero-order valence-electron chi connectivity index (χ0n) is 17.7. The van der Waals surface area contributed by atoms with Gasteiger partial charge in [0.25, 0.3) is 5.91 Å². The Labute approximate surface area is 181 Å². The zero-order chi connectivity index (χ0) is 22.2. The van der Waals surface area contributed by atoms with E-state index in [0.717, 1.165) is 18.5 Å². The lowest BCUT2D eigenvalue weighted by atomic mass is 10.1. The minimum Gasteiger partial charge on any atom is -0.477 e. The third kappa shape index (κ3) is 5.75. The fourth-order valence-electron chi connectivity index (χ4n) is 3.21. The van der Waals surface area contributed by atoms with Crippen LogP contribution in [0.15, 0.2) is 48.5 Å². The summed E-state index contributed by atoms with van der Waals surface area (Å²) in [5.74, 6) is -0.315. The maximum Gasteiger partial charge on any atom is 0.338 e. The number of carbonyl (C=O) groups excluding carboxylic acids is 3. The number of hydrogen-bond donors (Lipinski definition) is 2. The number of rotatable bonds is 8. The number of carbonyl (C=O) groups is 3. The van der Waals surface area contributed by atoms with Gasteiger partial charge < -0.3 is 25.0 Å². The molecule has 0 aliphatic carbocycles. The Morgan fingerprint density at radius 3 is 2.58 bits per heavy atom. The van der Waals surface area contributed by atoms with E-state index in [4.69, 9.17) is 9.47 Å². The number of para-hydroxylation sites is 2. The second-order valence-electron chi connectivity index (χ2n) is 7.18. The first-order valence-electron chi connectivity index (χ1n) is 10.3. The number of amides is 2. The van der Waals surface area contributed by atoms with E-state index in [1.165, 1.54) is 0 Å². The highest BCUT2D eigenvalue weighted by Gasteiger charge is 2.31. The molecule has 0 fully saturated rings. The minimum atomic E-state index is -0.703. The van der Waals surface area contributed by atoms with Gasteiger partial charge in [0.2, 0.25) is 5.91 Å². The number of nitrogens with zero attached hydrogens (tertiary/aromatic N) is 1. The van der Waals surface area contributed by atoms with E-state index in [1.807, 2.05) is 30.0 Å². The fraction of sp³-hybridized carbons (Fsp3) is 0.348. The summed E-state index contributed by atoms with van der Waals surface area (Å²) < 4.78 is 10.9. The smallest absolute Gasteiger partial charge is 0.338 e. The molecular formula is C23H27N3O5. The molecule has 1 heterocycles. The average molecular weight is 425 g/mol. The quantitative estimate of drug-likeness (QED) is 0.499. The van der Waals surface area contributed by atoms with E-state index >= 15 is 0 Å². The van der Waals surface area contributed by atoms with Gasteiger partial charge in [-0.15, -0.1) is 0 Å². The van der Waals surface area contributed by atoms with E-state index < -0.39 is 6.10 Å². The number of fused-ring (bicyclic) bond motifs is 1. The Bertz CT molecular complexity index is 929. The van der Waals surface area contributed by atoms with Crippen molar-refractivity contribution in [3.05, 3.63) is 54.1 Å². The van der Waals surface area contributed by atoms with Crippen molar-refractivity contribution in [2.24, 2.45) is 0 Å². The molecule has 8 heteroatoms. The lowest BCUT2D eigenvalue weighted by Gasteiger charge is -2.34. The Morgan fingerprint density at radius 1 is 1.13 bits per heavy atom. The summed E-state index contributed by atoms with van der Waals surface area (Å²) in [4.78, 5) is 38.5. The Hall–Kier alpha value is -3.55.